The molecule has 1 N–H and O–H groups in total. The van der Waals surface area contributed by atoms with Gasteiger partial charge in [-0.15, -0.1) is 0 Å². The average molecular weight is 431 g/mol. The van der Waals surface area contributed by atoms with Gasteiger partial charge in [-0.2, -0.15) is 0 Å². The van der Waals surface area contributed by atoms with Crippen molar-refractivity contribution in [2.75, 3.05) is 0 Å². The lowest BCUT2D eigenvalue weighted by atomic mass is 9.95. The second kappa shape index (κ2) is 8.12. The highest BCUT2D eigenvalue weighted by Crippen LogP contribution is 2.44. The lowest BCUT2D eigenvalue weighted by molar-refractivity contribution is 0.245. The Labute approximate surface area is 190 Å². The normalized spacial score (nSPS) is 21.6. The van der Waals surface area contributed by atoms with E-state index in [-0.39, 0.29) is 12.1 Å². The Morgan fingerprint density at radius 2 is 1.74 bits per heavy atom. The summed E-state index contributed by atoms with van der Waals surface area (Å²) in [6.07, 6.45) is 6.87. The molecule has 3 aromatic rings. The minimum absolute atomic E-state index is 0.0557. The molecule has 4 nitrogen and oxygen atoms in total. The van der Waals surface area contributed by atoms with Crippen molar-refractivity contribution in [3.8, 4) is 5.69 Å². The zero-order valence-corrected chi connectivity index (χ0v) is 19.3. The predicted octanol–water partition coefficient (Wildman–Crippen LogP) is 5.71. The fraction of sp³-hybridized carbons (Fsp3) is 0.385. The van der Waals surface area contributed by atoms with Crippen LogP contribution in [0.25, 0.3) is 5.69 Å². The van der Waals surface area contributed by atoms with E-state index in [0.717, 1.165) is 10.8 Å². The number of rotatable bonds is 4. The van der Waals surface area contributed by atoms with E-state index in [4.69, 9.17) is 17.2 Å². The summed E-state index contributed by atoms with van der Waals surface area (Å²) in [4.78, 5) is 7.20. The third kappa shape index (κ3) is 3.45. The fourth-order valence-corrected chi connectivity index (χ4v) is 5.94. The largest absolute Gasteiger partial charge is 0.352 e. The minimum atomic E-state index is 0.0557. The van der Waals surface area contributed by atoms with Crippen LogP contribution in [0.4, 0.5) is 0 Å². The zero-order chi connectivity index (χ0) is 21.5. The molecule has 1 aromatic carbocycles. The Hall–Kier alpha value is -2.66. The lowest BCUT2D eigenvalue weighted by Gasteiger charge is -2.33. The molecule has 2 aromatic heterocycles. The third-order valence-corrected chi connectivity index (χ3v) is 7.33. The Bertz CT molecular complexity index is 1100. The quantitative estimate of drug-likeness (QED) is 0.537. The van der Waals surface area contributed by atoms with Gasteiger partial charge in [0.2, 0.25) is 0 Å². The maximum absolute atomic E-state index is 5.91. The summed E-state index contributed by atoms with van der Waals surface area (Å²) in [5.74, 6) is 0. The monoisotopic (exact) mass is 430 g/mol. The molecule has 1 aliphatic carbocycles. The van der Waals surface area contributed by atoms with Crippen LogP contribution in [0.5, 0.6) is 0 Å². The summed E-state index contributed by atoms with van der Waals surface area (Å²) in [6.45, 7) is 6.64. The first-order valence-electron chi connectivity index (χ1n) is 11.3. The maximum Gasteiger partial charge on any atom is 0.170 e. The van der Waals surface area contributed by atoms with E-state index in [0.29, 0.717) is 6.04 Å². The topological polar surface area (TPSA) is 33.1 Å². The number of pyridine rings is 1. The van der Waals surface area contributed by atoms with Crippen LogP contribution in [0.3, 0.4) is 0 Å². The van der Waals surface area contributed by atoms with Crippen LogP contribution in [-0.4, -0.2) is 25.6 Å². The molecule has 0 spiro atoms. The van der Waals surface area contributed by atoms with Gasteiger partial charge in [-0.1, -0.05) is 37.1 Å². The van der Waals surface area contributed by atoms with Crippen molar-refractivity contribution < 1.29 is 0 Å². The van der Waals surface area contributed by atoms with Gasteiger partial charge in [-0.25, -0.2) is 0 Å². The van der Waals surface area contributed by atoms with E-state index in [1.54, 1.807) is 0 Å². The van der Waals surface area contributed by atoms with Gasteiger partial charge in [0, 0.05) is 29.3 Å². The molecule has 31 heavy (non-hydrogen) atoms. The predicted molar refractivity (Wildman–Crippen MR) is 130 cm³/mol. The first kappa shape index (κ1) is 20.3. The highest BCUT2D eigenvalue weighted by Gasteiger charge is 2.44. The van der Waals surface area contributed by atoms with Crippen molar-refractivity contribution >= 4 is 17.3 Å². The first-order chi connectivity index (χ1) is 15.1. The van der Waals surface area contributed by atoms with Gasteiger partial charge in [0.15, 0.2) is 5.11 Å². The van der Waals surface area contributed by atoms with Crippen LogP contribution >= 0.6 is 12.2 Å². The van der Waals surface area contributed by atoms with Crippen molar-refractivity contribution in [1.82, 2.24) is 19.8 Å². The molecule has 0 amide bonds. The van der Waals surface area contributed by atoms with Crippen molar-refractivity contribution in [3.05, 3.63) is 82.9 Å². The Morgan fingerprint density at radius 1 is 1.00 bits per heavy atom. The highest BCUT2D eigenvalue weighted by atomic mass is 32.1. The summed E-state index contributed by atoms with van der Waals surface area (Å²) in [5, 5.41) is 4.51. The Kier molecular flexibility index (Phi) is 5.30. The fourth-order valence-electron chi connectivity index (χ4n) is 5.55. The summed E-state index contributed by atoms with van der Waals surface area (Å²) < 4.78 is 2.40. The van der Waals surface area contributed by atoms with E-state index >= 15 is 0 Å². The number of aromatic nitrogens is 2. The van der Waals surface area contributed by atoms with E-state index in [2.05, 4.69) is 78.0 Å². The number of benzene rings is 1. The van der Waals surface area contributed by atoms with Gasteiger partial charge in [-0.05, 0) is 81.2 Å². The summed E-state index contributed by atoms with van der Waals surface area (Å²) >= 11 is 5.91. The Balaban J connectivity index is 1.65. The molecule has 3 heterocycles. The number of hydrogen-bond acceptors (Lipinski definition) is 2. The number of nitrogens with one attached hydrogen (secondary N) is 1. The molecule has 2 fully saturated rings. The number of thiocarbonyl (C=S) groups is 1. The Morgan fingerprint density at radius 3 is 2.45 bits per heavy atom. The smallest absolute Gasteiger partial charge is 0.170 e. The summed E-state index contributed by atoms with van der Waals surface area (Å²) in [7, 11) is 0. The minimum Gasteiger partial charge on any atom is -0.352 e. The maximum atomic E-state index is 5.91. The van der Waals surface area contributed by atoms with Gasteiger partial charge >= 0.3 is 0 Å². The number of aryl methyl sites for hydroxylation is 2. The lowest BCUT2D eigenvalue weighted by Crippen LogP contribution is -2.37. The molecular formula is C26H30N4S. The van der Waals surface area contributed by atoms with Crippen LogP contribution in [-0.2, 0) is 0 Å². The van der Waals surface area contributed by atoms with Gasteiger partial charge in [0.25, 0.3) is 0 Å². The highest BCUT2D eigenvalue weighted by molar-refractivity contribution is 7.80. The van der Waals surface area contributed by atoms with Gasteiger partial charge in [0.1, 0.15) is 0 Å². The van der Waals surface area contributed by atoms with Crippen LogP contribution in [0.15, 0.2) is 54.7 Å². The molecule has 1 saturated carbocycles. The molecule has 1 saturated heterocycles. The third-order valence-electron chi connectivity index (χ3n) is 7.00. The van der Waals surface area contributed by atoms with Gasteiger partial charge < -0.3 is 14.8 Å². The van der Waals surface area contributed by atoms with Gasteiger partial charge in [0.05, 0.1) is 17.8 Å². The number of nitrogens with zero attached hydrogens (tertiary/aromatic N) is 3. The molecule has 2 atom stereocenters. The molecule has 1 aliphatic heterocycles. The molecule has 0 unspecified atom stereocenters. The molecule has 160 valence electrons. The molecule has 0 bridgehead atoms. The van der Waals surface area contributed by atoms with Crippen molar-refractivity contribution in [2.24, 2.45) is 0 Å². The molecular weight excluding hydrogens is 400 g/mol. The van der Waals surface area contributed by atoms with Crippen molar-refractivity contribution in [2.45, 2.75) is 64.6 Å². The summed E-state index contributed by atoms with van der Waals surface area (Å²) in [6, 6.07) is 17.8. The number of para-hydroxylation sites is 1. The molecule has 2 aliphatic rings. The zero-order valence-electron chi connectivity index (χ0n) is 18.5. The van der Waals surface area contributed by atoms with Crippen molar-refractivity contribution in [1.29, 1.82) is 0 Å². The van der Waals surface area contributed by atoms with E-state index in [9.17, 15) is 0 Å². The van der Waals surface area contributed by atoms with E-state index in [1.807, 2.05) is 12.3 Å². The standard InChI is InChI=1S/C26H30N4S/c1-17-10-4-7-14-23(17)29-18(2)16-21(19(29)3)25-24(22-13-8-9-15-27-22)28-26(31)30(25)20-11-5-6-12-20/h4,7-10,13-16,20,24-25H,5-6,11-12H2,1-3H3,(H,28,31)/t24-,25+/m0/s1. The van der Waals surface area contributed by atoms with Gasteiger partial charge in [-0.3, -0.25) is 4.98 Å². The number of hydrogen-bond donors (Lipinski definition) is 1. The molecule has 5 rings (SSSR count). The first-order valence-corrected chi connectivity index (χ1v) is 11.7. The van der Waals surface area contributed by atoms with E-state index in [1.165, 1.54) is 53.9 Å². The second-order valence-corrected chi connectivity index (χ2v) is 9.31. The van der Waals surface area contributed by atoms with Crippen LogP contribution < -0.4 is 5.32 Å². The molecule has 5 heteroatoms. The van der Waals surface area contributed by atoms with Crippen LogP contribution in [0, 0.1) is 20.8 Å². The SMILES string of the molecule is Cc1ccccc1-n1c(C)cc([C@@H]2[C@H](c3ccccn3)NC(=S)N2C2CCCC2)c1C. The second-order valence-electron chi connectivity index (χ2n) is 8.92. The van der Waals surface area contributed by atoms with Crippen molar-refractivity contribution in [3.63, 3.8) is 0 Å². The van der Waals surface area contributed by atoms with E-state index < -0.39 is 0 Å². The van der Waals surface area contributed by atoms with Crippen LogP contribution in [0.2, 0.25) is 0 Å². The van der Waals surface area contributed by atoms with Crippen LogP contribution in [0.1, 0.15) is 66.0 Å². The molecule has 0 radical (unpaired) electrons. The summed E-state index contributed by atoms with van der Waals surface area (Å²) in [5.41, 5.74) is 7.47. The average Bonchev–Trinajstić information content (AvgIpc) is 3.47.